The number of sulfone groups is 1. The Labute approximate surface area is 210 Å². The van der Waals surface area contributed by atoms with Crippen LogP contribution in [0.5, 0.6) is 0 Å². The summed E-state index contributed by atoms with van der Waals surface area (Å²) in [5.74, 6) is -1.92. The molecule has 1 atom stereocenters. The molecule has 4 rings (SSSR count). The molecular formula is C28H27NO6S. The van der Waals surface area contributed by atoms with Gasteiger partial charge < -0.3 is 9.84 Å². The highest BCUT2D eigenvalue weighted by atomic mass is 32.2. The van der Waals surface area contributed by atoms with Gasteiger partial charge in [0.05, 0.1) is 17.1 Å². The number of hydrogen-bond donors (Lipinski definition) is 1. The molecule has 0 spiro atoms. The van der Waals surface area contributed by atoms with Crippen molar-refractivity contribution < 1.29 is 27.9 Å². The van der Waals surface area contributed by atoms with Crippen LogP contribution in [0.4, 0.5) is 5.69 Å². The van der Waals surface area contributed by atoms with Crippen molar-refractivity contribution in [1.82, 2.24) is 0 Å². The molecule has 0 aromatic heterocycles. The molecule has 1 aliphatic heterocycles. The maximum absolute atomic E-state index is 13.7. The van der Waals surface area contributed by atoms with E-state index in [1.807, 2.05) is 26.0 Å². The van der Waals surface area contributed by atoms with Crippen LogP contribution in [-0.4, -0.2) is 32.0 Å². The Kier molecular flexibility index (Phi) is 6.99. The smallest absolute Gasteiger partial charge is 0.338 e. The van der Waals surface area contributed by atoms with Crippen LogP contribution in [0.25, 0.3) is 0 Å². The summed E-state index contributed by atoms with van der Waals surface area (Å²) in [4.78, 5) is 26.2. The number of hydrogen-bond acceptors (Lipinski definition) is 6. The van der Waals surface area contributed by atoms with Gasteiger partial charge in [0.1, 0.15) is 10.9 Å². The van der Waals surface area contributed by atoms with Crippen LogP contribution >= 0.6 is 0 Å². The van der Waals surface area contributed by atoms with Gasteiger partial charge in [-0.25, -0.2) is 13.2 Å². The molecule has 1 amide bonds. The summed E-state index contributed by atoms with van der Waals surface area (Å²) in [7, 11) is -4.22. The van der Waals surface area contributed by atoms with Gasteiger partial charge in [-0.05, 0) is 60.4 Å². The minimum Gasteiger partial charge on any atom is -0.502 e. The Morgan fingerprint density at radius 3 is 2.14 bits per heavy atom. The van der Waals surface area contributed by atoms with Crippen LogP contribution in [0, 0.1) is 0 Å². The zero-order chi connectivity index (χ0) is 26.0. The van der Waals surface area contributed by atoms with E-state index in [4.69, 9.17) is 4.74 Å². The first-order valence-corrected chi connectivity index (χ1v) is 13.1. The van der Waals surface area contributed by atoms with Crippen LogP contribution < -0.4 is 4.90 Å². The number of ether oxygens (including phenoxy) is 1. The van der Waals surface area contributed by atoms with Gasteiger partial charge >= 0.3 is 5.97 Å². The average molecular weight is 506 g/mol. The highest BCUT2D eigenvalue weighted by Crippen LogP contribution is 2.45. The van der Waals surface area contributed by atoms with E-state index >= 15 is 0 Å². The Balaban J connectivity index is 1.86. The second kappa shape index (κ2) is 9.99. The number of aliphatic hydroxyl groups excluding tert-OH is 1. The number of carbonyl (C=O) groups is 2. The topological polar surface area (TPSA) is 101 Å². The number of nitrogens with zero attached hydrogens (tertiary/aromatic N) is 1. The first kappa shape index (κ1) is 25.2. The van der Waals surface area contributed by atoms with Crippen molar-refractivity contribution in [3.63, 3.8) is 0 Å². The Morgan fingerprint density at radius 2 is 1.58 bits per heavy atom. The Bertz CT molecular complexity index is 1410. The molecule has 0 saturated heterocycles. The van der Waals surface area contributed by atoms with Crippen LogP contribution in [0.3, 0.4) is 0 Å². The largest absolute Gasteiger partial charge is 0.502 e. The fourth-order valence-electron chi connectivity index (χ4n) is 4.19. The molecule has 186 valence electrons. The lowest BCUT2D eigenvalue weighted by Crippen LogP contribution is -2.31. The van der Waals surface area contributed by atoms with E-state index < -0.39 is 33.5 Å². The highest BCUT2D eigenvalue weighted by molar-refractivity contribution is 7.95. The van der Waals surface area contributed by atoms with Gasteiger partial charge in [-0.1, -0.05) is 56.3 Å². The zero-order valence-corrected chi connectivity index (χ0v) is 21.0. The van der Waals surface area contributed by atoms with Crippen molar-refractivity contribution in [2.45, 2.75) is 37.6 Å². The molecule has 3 aromatic rings. The number of aliphatic hydroxyl groups is 1. The van der Waals surface area contributed by atoms with Crippen molar-refractivity contribution in [1.29, 1.82) is 0 Å². The average Bonchev–Trinajstić information content (AvgIpc) is 3.15. The molecule has 0 saturated carbocycles. The van der Waals surface area contributed by atoms with E-state index in [-0.39, 0.29) is 22.3 Å². The van der Waals surface area contributed by atoms with Gasteiger partial charge in [0, 0.05) is 5.69 Å². The number of anilines is 1. The zero-order valence-electron chi connectivity index (χ0n) is 20.2. The third-order valence-electron chi connectivity index (χ3n) is 6.08. The van der Waals surface area contributed by atoms with Crippen LogP contribution in [0.2, 0.25) is 0 Å². The van der Waals surface area contributed by atoms with Gasteiger partial charge in [0.25, 0.3) is 5.91 Å². The van der Waals surface area contributed by atoms with E-state index in [0.29, 0.717) is 16.8 Å². The first-order valence-electron chi connectivity index (χ1n) is 11.6. The predicted octanol–water partition coefficient (Wildman–Crippen LogP) is 5.32. The van der Waals surface area contributed by atoms with E-state index in [0.717, 1.165) is 5.56 Å². The van der Waals surface area contributed by atoms with Gasteiger partial charge in [-0.15, -0.1) is 0 Å². The van der Waals surface area contributed by atoms with Crippen molar-refractivity contribution in [2.24, 2.45) is 0 Å². The fraction of sp³-hybridized carbons (Fsp3) is 0.214. The molecule has 1 N–H and O–H groups in total. The highest BCUT2D eigenvalue weighted by Gasteiger charge is 2.47. The lowest BCUT2D eigenvalue weighted by Gasteiger charge is -2.27. The van der Waals surface area contributed by atoms with E-state index in [1.54, 1.807) is 37.3 Å². The molecule has 1 heterocycles. The number of amides is 1. The van der Waals surface area contributed by atoms with Crippen molar-refractivity contribution >= 4 is 27.4 Å². The van der Waals surface area contributed by atoms with Gasteiger partial charge in [0.2, 0.25) is 9.84 Å². The predicted molar refractivity (Wildman–Crippen MR) is 136 cm³/mol. The summed E-state index contributed by atoms with van der Waals surface area (Å²) in [5.41, 5.74) is 2.20. The van der Waals surface area contributed by atoms with E-state index in [1.165, 1.54) is 41.3 Å². The molecule has 8 heteroatoms. The normalized spacial score (nSPS) is 16.1. The van der Waals surface area contributed by atoms with Crippen LogP contribution in [0.1, 0.15) is 54.2 Å². The fourth-order valence-corrected chi connectivity index (χ4v) is 5.83. The summed E-state index contributed by atoms with van der Waals surface area (Å²) in [6.45, 7) is 6.01. The van der Waals surface area contributed by atoms with Crippen molar-refractivity contribution in [2.75, 3.05) is 11.5 Å². The van der Waals surface area contributed by atoms with Gasteiger partial charge in [-0.2, -0.15) is 0 Å². The molecule has 0 unspecified atom stereocenters. The SMILES string of the molecule is CCOC(=O)c1ccc(N2C(=O)C(O)=C(S(=O)(=O)c3ccccc3)[C@@H]2c2ccc(C(C)C)cc2)cc1. The van der Waals surface area contributed by atoms with Crippen LogP contribution in [-0.2, 0) is 19.4 Å². The lowest BCUT2D eigenvalue weighted by atomic mass is 9.98. The van der Waals surface area contributed by atoms with Crippen molar-refractivity contribution in [3.05, 3.63) is 106 Å². The second-order valence-electron chi connectivity index (χ2n) is 8.70. The number of carbonyl (C=O) groups excluding carboxylic acids is 2. The van der Waals surface area contributed by atoms with Gasteiger partial charge in [-0.3, -0.25) is 9.69 Å². The van der Waals surface area contributed by atoms with Crippen LogP contribution in [0.15, 0.2) is 94.4 Å². The quantitative estimate of drug-likeness (QED) is 0.436. The minimum absolute atomic E-state index is 0.0253. The first-order chi connectivity index (χ1) is 17.2. The number of esters is 1. The summed E-state index contributed by atoms with van der Waals surface area (Å²) in [6, 6.07) is 20.0. The standard InChI is InChI=1S/C28H27NO6S/c1-4-35-28(32)21-14-16-22(17-15-21)29-24(20-12-10-19(11-13-20)18(2)3)26(25(30)27(29)31)36(33,34)23-8-6-5-7-9-23/h5-18,24,30H,4H2,1-3H3/t24-/m0/s1. The van der Waals surface area contributed by atoms with E-state index in [9.17, 15) is 23.1 Å². The monoisotopic (exact) mass is 505 g/mol. The van der Waals surface area contributed by atoms with E-state index in [2.05, 4.69) is 0 Å². The summed E-state index contributed by atoms with van der Waals surface area (Å²) in [5, 5.41) is 10.9. The summed E-state index contributed by atoms with van der Waals surface area (Å²) >= 11 is 0. The molecular weight excluding hydrogens is 478 g/mol. The Hall–Kier alpha value is -3.91. The molecule has 0 bridgehead atoms. The molecule has 3 aromatic carbocycles. The summed E-state index contributed by atoms with van der Waals surface area (Å²) in [6.07, 6.45) is 0. The molecule has 7 nitrogen and oxygen atoms in total. The summed E-state index contributed by atoms with van der Waals surface area (Å²) < 4.78 is 32.4. The maximum atomic E-state index is 13.7. The number of rotatable bonds is 7. The molecule has 36 heavy (non-hydrogen) atoms. The third kappa shape index (κ3) is 4.52. The molecule has 1 aliphatic rings. The third-order valence-corrected chi connectivity index (χ3v) is 7.97. The number of benzene rings is 3. The molecule has 0 aliphatic carbocycles. The van der Waals surface area contributed by atoms with Crippen molar-refractivity contribution in [3.8, 4) is 0 Å². The maximum Gasteiger partial charge on any atom is 0.338 e. The lowest BCUT2D eigenvalue weighted by molar-refractivity contribution is -0.117. The minimum atomic E-state index is -4.22. The molecule has 0 radical (unpaired) electrons. The second-order valence-corrected chi connectivity index (χ2v) is 10.6. The molecule has 0 fully saturated rings. The van der Waals surface area contributed by atoms with Gasteiger partial charge in [0.15, 0.2) is 5.76 Å². The Morgan fingerprint density at radius 1 is 0.972 bits per heavy atom.